The highest BCUT2D eigenvalue weighted by Gasteiger charge is 2.11. The van der Waals surface area contributed by atoms with Crippen LogP contribution in [0.5, 0.6) is 0 Å². The van der Waals surface area contributed by atoms with Gasteiger partial charge in [-0.15, -0.1) is 0 Å². The molecule has 0 spiro atoms. The Bertz CT molecular complexity index is 718. The van der Waals surface area contributed by atoms with Crippen LogP contribution in [-0.4, -0.2) is 18.5 Å². The first-order chi connectivity index (χ1) is 10.6. The van der Waals surface area contributed by atoms with Crippen molar-refractivity contribution in [1.82, 2.24) is 0 Å². The number of hydrogen-bond acceptors (Lipinski definition) is 5. The first-order valence-corrected chi connectivity index (χ1v) is 6.24. The highest BCUT2D eigenvalue weighted by Crippen LogP contribution is 2.08. The lowest BCUT2D eigenvalue weighted by molar-refractivity contribution is -0.605. The molecule has 0 saturated heterocycles. The second-order valence-corrected chi connectivity index (χ2v) is 4.26. The van der Waals surface area contributed by atoms with E-state index in [9.17, 15) is 14.8 Å². The molecule has 7 nitrogen and oxygen atoms in total. The van der Waals surface area contributed by atoms with E-state index in [1.54, 1.807) is 24.3 Å². The summed E-state index contributed by atoms with van der Waals surface area (Å²) in [6, 6.07) is 10.8. The molecule has 0 atom stereocenters. The van der Waals surface area contributed by atoms with Crippen molar-refractivity contribution in [2.24, 2.45) is 0 Å². The lowest BCUT2D eigenvalue weighted by Crippen LogP contribution is -2.25. The number of carbonyl (C=O) groups excluding carboxylic acids is 2. The van der Waals surface area contributed by atoms with E-state index in [1.807, 2.05) is 6.07 Å². The average Bonchev–Trinajstić information content (AvgIpc) is 2.54. The predicted octanol–water partition coefficient (Wildman–Crippen LogP) is 0.987. The number of esters is 1. The van der Waals surface area contributed by atoms with Crippen LogP contribution in [0.1, 0.15) is 15.9 Å². The van der Waals surface area contributed by atoms with E-state index < -0.39 is 18.5 Å². The van der Waals surface area contributed by atoms with E-state index in [-0.39, 0.29) is 5.56 Å². The molecule has 1 aromatic heterocycles. The third-order valence-electron chi connectivity index (χ3n) is 2.67. The molecule has 2 rings (SSSR count). The number of anilines is 1. The van der Waals surface area contributed by atoms with Gasteiger partial charge in [0, 0.05) is 17.8 Å². The second-order valence-electron chi connectivity index (χ2n) is 4.26. The molecule has 1 heterocycles. The van der Waals surface area contributed by atoms with Gasteiger partial charge in [0.25, 0.3) is 5.91 Å². The van der Waals surface area contributed by atoms with Crippen molar-refractivity contribution in [3.8, 4) is 6.07 Å². The number of nitriles is 1. The van der Waals surface area contributed by atoms with Crippen LogP contribution in [0.3, 0.4) is 0 Å². The minimum Gasteiger partial charge on any atom is -0.619 e. The largest absolute Gasteiger partial charge is 0.619 e. The van der Waals surface area contributed by atoms with Crippen molar-refractivity contribution in [3.63, 3.8) is 0 Å². The molecule has 0 fully saturated rings. The maximum atomic E-state index is 11.6. The van der Waals surface area contributed by atoms with E-state index in [0.717, 1.165) is 12.4 Å². The Morgan fingerprint density at radius 3 is 2.41 bits per heavy atom. The number of benzene rings is 1. The number of rotatable bonds is 4. The molecule has 0 radical (unpaired) electrons. The molecule has 110 valence electrons. The van der Waals surface area contributed by atoms with Gasteiger partial charge >= 0.3 is 5.97 Å². The molecule has 7 heteroatoms. The molecule has 1 N–H and O–H groups in total. The maximum Gasteiger partial charge on any atom is 0.339 e. The fourth-order valence-electron chi connectivity index (χ4n) is 1.59. The van der Waals surface area contributed by atoms with E-state index in [2.05, 4.69) is 5.32 Å². The van der Waals surface area contributed by atoms with Crippen molar-refractivity contribution < 1.29 is 19.1 Å². The van der Waals surface area contributed by atoms with Gasteiger partial charge in [0.05, 0.1) is 17.2 Å². The van der Waals surface area contributed by atoms with Crippen molar-refractivity contribution in [2.75, 3.05) is 11.9 Å². The smallest absolute Gasteiger partial charge is 0.339 e. The number of amides is 1. The van der Waals surface area contributed by atoms with Gasteiger partial charge in [-0.1, -0.05) is 0 Å². The lowest BCUT2D eigenvalue weighted by atomic mass is 10.2. The van der Waals surface area contributed by atoms with Crippen LogP contribution >= 0.6 is 0 Å². The minimum atomic E-state index is -0.699. The van der Waals surface area contributed by atoms with Crippen molar-refractivity contribution in [2.45, 2.75) is 0 Å². The van der Waals surface area contributed by atoms with Gasteiger partial charge in [0.1, 0.15) is 0 Å². The molecule has 0 aliphatic carbocycles. The summed E-state index contributed by atoms with van der Waals surface area (Å²) >= 11 is 0. The van der Waals surface area contributed by atoms with Gasteiger partial charge in [-0.3, -0.25) is 4.79 Å². The Morgan fingerprint density at radius 1 is 1.18 bits per heavy atom. The van der Waals surface area contributed by atoms with Crippen molar-refractivity contribution in [1.29, 1.82) is 5.26 Å². The third kappa shape index (κ3) is 4.05. The highest BCUT2D eigenvalue weighted by atomic mass is 16.5. The summed E-state index contributed by atoms with van der Waals surface area (Å²) in [7, 11) is 0. The summed E-state index contributed by atoms with van der Waals surface area (Å²) in [6.07, 6.45) is 2.32. The van der Waals surface area contributed by atoms with Gasteiger partial charge < -0.3 is 15.3 Å². The molecule has 0 aliphatic heterocycles. The number of aromatic nitrogens is 1. The Morgan fingerprint density at radius 2 is 1.82 bits per heavy atom. The normalized spacial score (nSPS) is 9.59. The topological polar surface area (TPSA) is 106 Å². The van der Waals surface area contributed by atoms with Crippen LogP contribution in [0.2, 0.25) is 0 Å². The fourth-order valence-corrected chi connectivity index (χ4v) is 1.59. The first-order valence-electron chi connectivity index (χ1n) is 6.24. The Hall–Kier alpha value is -3.40. The molecule has 0 bridgehead atoms. The van der Waals surface area contributed by atoms with Crippen molar-refractivity contribution >= 4 is 17.6 Å². The summed E-state index contributed by atoms with van der Waals surface area (Å²) in [4.78, 5) is 23.3. The Labute approximate surface area is 126 Å². The molecule has 0 saturated carbocycles. The zero-order valence-electron chi connectivity index (χ0n) is 11.4. The van der Waals surface area contributed by atoms with E-state index in [4.69, 9.17) is 10.00 Å². The Kier molecular flexibility index (Phi) is 4.67. The summed E-state index contributed by atoms with van der Waals surface area (Å²) in [5.41, 5.74) is 1.15. The molecule has 2 aromatic rings. The summed E-state index contributed by atoms with van der Waals surface area (Å²) in [5, 5.41) is 22.0. The molecule has 0 unspecified atom stereocenters. The zero-order valence-corrected chi connectivity index (χ0v) is 11.4. The van der Waals surface area contributed by atoms with Gasteiger partial charge in [-0.05, 0) is 24.3 Å². The van der Waals surface area contributed by atoms with Crippen LogP contribution in [0, 0.1) is 16.5 Å². The van der Waals surface area contributed by atoms with Gasteiger partial charge in [0.15, 0.2) is 19.0 Å². The summed E-state index contributed by atoms with van der Waals surface area (Å²) in [5.74, 6) is -1.21. The SMILES string of the molecule is N#Cc1ccc(NC(=O)COC(=O)c2cc[n+]([O-])cc2)cc1. The van der Waals surface area contributed by atoms with Crippen molar-refractivity contribution in [3.05, 3.63) is 65.1 Å². The molecule has 1 amide bonds. The summed E-state index contributed by atoms with van der Waals surface area (Å²) < 4.78 is 5.37. The van der Waals surface area contributed by atoms with Crippen LogP contribution in [0.15, 0.2) is 48.8 Å². The number of hydrogen-bond donors (Lipinski definition) is 1. The van der Waals surface area contributed by atoms with Crippen LogP contribution < -0.4 is 10.0 Å². The molecular weight excluding hydrogens is 286 g/mol. The maximum absolute atomic E-state index is 11.6. The van der Waals surface area contributed by atoms with E-state index >= 15 is 0 Å². The summed E-state index contributed by atoms with van der Waals surface area (Å²) in [6.45, 7) is -0.453. The monoisotopic (exact) mass is 297 g/mol. The molecule has 1 aromatic carbocycles. The molecular formula is C15H11N3O4. The number of pyridine rings is 1. The van der Waals surface area contributed by atoms with Crippen LogP contribution in [0.4, 0.5) is 5.69 Å². The molecule has 22 heavy (non-hydrogen) atoms. The standard InChI is InChI=1S/C15H11N3O4/c16-9-11-1-3-13(4-2-11)17-14(19)10-22-15(20)12-5-7-18(21)8-6-12/h1-8H,10H2,(H,17,19). The predicted molar refractivity (Wildman–Crippen MR) is 75.5 cm³/mol. The Balaban J connectivity index is 1.85. The second kappa shape index (κ2) is 6.85. The quantitative estimate of drug-likeness (QED) is 0.514. The zero-order chi connectivity index (χ0) is 15.9. The van der Waals surface area contributed by atoms with E-state index in [0.29, 0.717) is 16.0 Å². The fraction of sp³-hybridized carbons (Fsp3) is 0.0667. The van der Waals surface area contributed by atoms with Crippen LogP contribution in [-0.2, 0) is 9.53 Å². The lowest BCUT2D eigenvalue weighted by Gasteiger charge is -2.06. The molecule has 0 aliphatic rings. The first kappa shape index (κ1) is 15.0. The van der Waals surface area contributed by atoms with E-state index in [1.165, 1.54) is 12.1 Å². The number of nitrogens with zero attached hydrogens (tertiary/aromatic N) is 2. The average molecular weight is 297 g/mol. The number of nitrogens with one attached hydrogen (secondary N) is 1. The number of ether oxygens (including phenoxy) is 1. The van der Waals surface area contributed by atoms with Gasteiger partial charge in [-0.2, -0.15) is 9.99 Å². The van der Waals surface area contributed by atoms with Crippen LogP contribution in [0.25, 0.3) is 0 Å². The van der Waals surface area contributed by atoms with Gasteiger partial charge in [-0.25, -0.2) is 4.79 Å². The third-order valence-corrected chi connectivity index (χ3v) is 2.67. The minimum absolute atomic E-state index is 0.179. The highest BCUT2D eigenvalue weighted by molar-refractivity contribution is 5.95. The van der Waals surface area contributed by atoms with Gasteiger partial charge in [0.2, 0.25) is 0 Å². The number of carbonyl (C=O) groups is 2.